The fourth-order valence-electron chi connectivity index (χ4n) is 2.51. The van der Waals surface area contributed by atoms with E-state index < -0.39 is 9.84 Å². The second-order valence-electron chi connectivity index (χ2n) is 5.88. The molecule has 0 spiro atoms. The Morgan fingerprint density at radius 1 is 1.35 bits per heavy atom. The van der Waals surface area contributed by atoms with Crippen LogP contribution >= 0.6 is 0 Å². The first kappa shape index (κ1) is 14.1. The number of nitrogens with one attached hydrogen (secondary N) is 1. The Morgan fingerprint density at radius 2 is 2.05 bits per heavy atom. The van der Waals surface area contributed by atoms with E-state index in [9.17, 15) is 8.42 Å². The zero-order chi connectivity index (χ0) is 14.2. The SMILES string of the molecule is Cc1oc(CNC2CC2)cc1CN1CCS(=O)(=O)CC1. The third-order valence-electron chi connectivity index (χ3n) is 4.04. The third kappa shape index (κ3) is 3.62. The molecule has 6 heteroatoms. The number of nitrogens with zero attached hydrogens (tertiary/aromatic N) is 1. The first-order valence-corrected chi connectivity index (χ1v) is 9.08. The van der Waals surface area contributed by atoms with Gasteiger partial charge in [0.15, 0.2) is 9.84 Å². The largest absolute Gasteiger partial charge is 0.465 e. The van der Waals surface area contributed by atoms with Crippen molar-refractivity contribution >= 4 is 9.84 Å². The van der Waals surface area contributed by atoms with Gasteiger partial charge in [-0.2, -0.15) is 0 Å². The Hall–Kier alpha value is -0.850. The van der Waals surface area contributed by atoms with Crippen LogP contribution in [-0.4, -0.2) is 44.0 Å². The van der Waals surface area contributed by atoms with Crippen LogP contribution in [0.3, 0.4) is 0 Å². The second-order valence-corrected chi connectivity index (χ2v) is 8.18. The van der Waals surface area contributed by atoms with Crippen LogP contribution in [-0.2, 0) is 22.9 Å². The zero-order valence-corrected chi connectivity index (χ0v) is 12.7. The van der Waals surface area contributed by atoms with Gasteiger partial charge in [0, 0.05) is 31.2 Å². The lowest BCUT2D eigenvalue weighted by Gasteiger charge is -2.26. The highest BCUT2D eigenvalue weighted by Crippen LogP contribution is 2.21. The van der Waals surface area contributed by atoms with Gasteiger partial charge in [-0.25, -0.2) is 8.42 Å². The summed E-state index contributed by atoms with van der Waals surface area (Å²) in [5.74, 6) is 2.49. The molecule has 0 bridgehead atoms. The van der Waals surface area contributed by atoms with Crippen LogP contribution in [0.25, 0.3) is 0 Å². The molecule has 0 radical (unpaired) electrons. The van der Waals surface area contributed by atoms with E-state index in [1.165, 1.54) is 18.4 Å². The Kier molecular flexibility index (Phi) is 3.88. The van der Waals surface area contributed by atoms with Gasteiger partial charge in [0.05, 0.1) is 18.1 Å². The van der Waals surface area contributed by atoms with Gasteiger partial charge in [-0.1, -0.05) is 0 Å². The van der Waals surface area contributed by atoms with Crippen LogP contribution in [0.4, 0.5) is 0 Å². The van der Waals surface area contributed by atoms with Gasteiger partial charge in [0.1, 0.15) is 11.5 Å². The summed E-state index contributed by atoms with van der Waals surface area (Å²) in [5, 5.41) is 3.44. The van der Waals surface area contributed by atoms with E-state index in [1.54, 1.807) is 0 Å². The van der Waals surface area contributed by atoms with Crippen molar-refractivity contribution in [2.45, 2.75) is 38.9 Å². The fourth-order valence-corrected chi connectivity index (χ4v) is 3.79. The number of sulfone groups is 1. The van der Waals surface area contributed by atoms with E-state index in [1.807, 2.05) is 6.92 Å². The lowest BCUT2D eigenvalue weighted by Crippen LogP contribution is -2.39. The lowest BCUT2D eigenvalue weighted by molar-refractivity contribution is 0.285. The van der Waals surface area contributed by atoms with E-state index in [2.05, 4.69) is 16.3 Å². The molecule has 1 aliphatic heterocycles. The minimum atomic E-state index is -2.80. The van der Waals surface area contributed by atoms with Gasteiger partial charge < -0.3 is 9.73 Å². The summed E-state index contributed by atoms with van der Waals surface area (Å²) in [6.45, 7) is 4.82. The molecule has 1 aliphatic carbocycles. The molecule has 1 N–H and O–H groups in total. The molecule has 0 amide bonds. The molecular formula is C14H22N2O3S. The fraction of sp³-hybridized carbons (Fsp3) is 0.714. The molecule has 5 nitrogen and oxygen atoms in total. The molecule has 1 aromatic rings. The summed E-state index contributed by atoms with van der Waals surface area (Å²) in [6.07, 6.45) is 2.55. The van der Waals surface area contributed by atoms with E-state index in [0.717, 1.165) is 24.6 Å². The van der Waals surface area contributed by atoms with Crippen molar-refractivity contribution in [2.75, 3.05) is 24.6 Å². The highest BCUT2D eigenvalue weighted by molar-refractivity contribution is 7.91. The van der Waals surface area contributed by atoms with Crippen molar-refractivity contribution in [3.05, 3.63) is 23.2 Å². The van der Waals surface area contributed by atoms with E-state index in [4.69, 9.17) is 4.42 Å². The number of hydrogen-bond acceptors (Lipinski definition) is 5. The Labute approximate surface area is 120 Å². The predicted octanol–water partition coefficient (Wildman–Crippen LogP) is 1.07. The Morgan fingerprint density at radius 3 is 2.70 bits per heavy atom. The van der Waals surface area contributed by atoms with Crippen LogP contribution in [0.2, 0.25) is 0 Å². The predicted molar refractivity (Wildman–Crippen MR) is 77.2 cm³/mol. The summed E-state index contributed by atoms with van der Waals surface area (Å²) >= 11 is 0. The molecule has 1 aromatic heterocycles. The maximum Gasteiger partial charge on any atom is 0.152 e. The monoisotopic (exact) mass is 298 g/mol. The molecule has 2 heterocycles. The molecule has 1 saturated heterocycles. The zero-order valence-electron chi connectivity index (χ0n) is 11.9. The maximum absolute atomic E-state index is 11.4. The van der Waals surface area contributed by atoms with Gasteiger partial charge in [-0.15, -0.1) is 0 Å². The van der Waals surface area contributed by atoms with Gasteiger partial charge in [0.25, 0.3) is 0 Å². The topological polar surface area (TPSA) is 62.6 Å². The van der Waals surface area contributed by atoms with Gasteiger partial charge in [-0.3, -0.25) is 4.90 Å². The third-order valence-corrected chi connectivity index (χ3v) is 5.65. The van der Waals surface area contributed by atoms with E-state index in [0.29, 0.717) is 19.1 Å². The summed E-state index contributed by atoms with van der Waals surface area (Å²) < 4.78 is 28.6. The Balaban J connectivity index is 1.56. The number of aryl methyl sites for hydroxylation is 1. The van der Waals surface area contributed by atoms with Crippen molar-refractivity contribution < 1.29 is 12.8 Å². The molecule has 1 saturated carbocycles. The molecule has 20 heavy (non-hydrogen) atoms. The summed E-state index contributed by atoms with van der Waals surface area (Å²) in [5.41, 5.74) is 1.18. The van der Waals surface area contributed by atoms with Crippen molar-refractivity contribution in [1.82, 2.24) is 10.2 Å². The van der Waals surface area contributed by atoms with Crippen molar-refractivity contribution in [3.63, 3.8) is 0 Å². The normalized spacial score (nSPS) is 23.1. The van der Waals surface area contributed by atoms with Crippen LogP contribution in [0.15, 0.2) is 10.5 Å². The average Bonchev–Trinajstić information content (AvgIpc) is 3.15. The molecule has 0 aromatic carbocycles. The lowest BCUT2D eigenvalue weighted by atomic mass is 10.2. The van der Waals surface area contributed by atoms with Crippen LogP contribution in [0.5, 0.6) is 0 Å². The first-order chi connectivity index (χ1) is 9.52. The second kappa shape index (κ2) is 5.50. The smallest absolute Gasteiger partial charge is 0.152 e. The highest BCUT2D eigenvalue weighted by Gasteiger charge is 2.23. The summed E-state index contributed by atoms with van der Waals surface area (Å²) in [7, 11) is -2.80. The van der Waals surface area contributed by atoms with E-state index >= 15 is 0 Å². The average molecular weight is 298 g/mol. The molecule has 0 atom stereocenters. The highest BCUT2D eigenvalue weighted by atomic mass is 32.2. The maximum atomic E-state index is 11.4. The summed E-state index contributed by atoms with van der Waals surface area (Å²) in [6, 6.07) is 2.78. The molecule has 0 unspecified atom stereocenters. The minimum absolute atomic E-state index is 0.278. The van der Waals surface area contributed by atoms with Crippen molar-refractivity contribution in [1.29, 1.82) is 0 Å². The molecular weight excluding hydrogens is 276 g/mol. The molecule has 3 rings (SSSR count). The van der Waals surface area contributed by atoms with Crippen molar-refractivity contribution in [2.24, 2.45) is 0 Å². The van der Waals surface area contributed by atoms with Crippen LogP contribution in [0.1, 0.15) is 29.9 Å². The van der Waals surface area contributed by atoms with E-state index in [-0.39, 0.29) is 11.5 Å². The molecule has 2 fully saturated rings. The standard InChI is InChI=1S/C14H22N2O3S/c1-11-12(8-14(19-11)9-15-13-2-3-13)10-16-4-6-20(17,18)7-5-16/h8,13,15H,2-7,9-10H2,1H3. The minimum Gasteiger partial charge on any atom is -0.465 e. The van der Waals surface area contributed by atoms with Crippen LogP contribution in [0, 0.1) is 6.92 Å². The van der Waals surface area contributed by atoms with Crippen molar-refractivity contribution in [3.8, 4) is 0 Å². The van der Waals surface area contributed by atoms with Gasteiger partial charge in [-0.05, 0) is 25.8 Å². The Bertz CT molecular complexity index is 561. The molecule has 2 aliphatic rings. The van der Waals surface area contributed by atoms with Crippen LogP contribution < -0.4 is 5.32 Å². The summed E-state index contributed by atoms with van der Waals surface area (Å²) in [4.78, 5) is 2.19. The van der Waals surface area contributed by atoms with Gasteiger partial charge in [0.2, 0.25) is 0 Å². The quantitative estimate of drug-likeness (QED) is 0.881. The number of rotatable bonds is 5. The first-order valence-electron chi connectivity index (χ1n) is 7.26. The number of furan rings is 1. The van der Waals surface area contributed by atoms with Gasteiger partial charge >= 0.3 is 0 Å². The number of hydrogen-bond donors (Lipinski definition) is 1. The molecule has 112 valence electrons.